The molecule has 0 fully saturated rings. The molecular formula is C14H19N3OS. The van der Waals surface area contributed by atoms with E-state index in [2.05, 4.69) is 17.2 Å². The molecule has 0 aliphatic carbocycles. The minimum Gasteiger partial charge on any atom is -0.397 e. The van der Waals surface area contributed by atoms with E-state index < -0.39 is 0 Å². The number of nitrogens with zero attached hydrogens (tertiary/aromatic N) is 1. The summed E-state index contributed by atoms with van der Waals surface area (Å²) < 4.78 is 0. The van der Waals surface area contributed by atoms with E-state index in [4.69, 9.17) is 5.73 Å². The van der Waals surface area contributed by atoms with Crippen LogP contribution < -0.4 is 11.1 Å². The lowest BCUT2D eigenvalue weighted by atomic mass is 9.99. The number of rotatable bonds is 4. The normalized spacial score (nSPS) is 11.7. The average Bonchev–Trinajstić information content (AvgIpc) is 2.67. The zero-order chi connectivity index (χ0) is 14.0. The van der Waals surface area contributed by atoms with Gasteiger partial charge in [0.25, 0.3) is 5.91 Å². The highest BCUT2D eigenvalue weighted by molar-refractivity contribution is 7.21. The molecule has 0 radical (unpaired) electrons. The predicted octanol–water partition coefficient (Wildman–Crippen LogP) is 3.19. The van der Waals surface area contributed by atoms with Crippen LogP contribution in [0.3, 0.4) is 0 Å². The summed E-state index contributed by atoms with van der Waals surface area (Å²) in [4.78, 5) is 17.9. The third-order valence-electron chi connectivity index (χ3n) is 3.04. The molecule has 2 rings (SSSR count). The van der Waals surface area contributed by atoms with Gasteiger partial charge in [0.05, 0.1) is 5.69 Å². The number of carbonyl (C=O) groups excluding carboxylic acids is 1. The topological polar surface area (TPSA) is 68.0 Å². The van der Waals surface area contributed by atoms with E-state index in [0.717, 1.165) is 23.1 Å². The molecular weight excluding hydrogens is 258 g/mol. The third-order valence-corrected chi connectivity index (χ3v) is 4.17. The summed E-state index contributed by atoms with van der Waals surface area (Å²) in [5, 5.41) is 3.89. The molecule has 0 aliphatic heterocycles. The molecule has 0 atom stereocenters. The second-order valence-corrected chi connectivity index (χ2v) is 6.29. The second-order valence-electron chi connectivity index (χ2n) is 5.29. The lowest BCUT2D eigenvalue weighted by molar-refractivity contribution is 0.0914. The monoisotopic (exact) mass is 277 g/mol. The van der Waals surface area contributed by atoms with Crippen molar-refractivity contribution in [3.8, 4) is 0 Å². The molecule has 2 heterocycles. The molecule has 0 aliphatic rings. The number of nitrogens with two attached hydrogens (primary N) is 1. The Hall–Kier alpha value is -1.62. The van der Waals surface area contributed by atoms with Gasteiger partial charge in [0.1, 0.15) is 9.71 Å². The van der Waals surface area contributed by atoms with Crippen molar-refractivity contribution in [2.24, 2.45) is 0 Å². The Balaban J connectivity index is 2.29. The van der Waals surface area contributed by atoms with Gasteiger partial charge in [0.2, 0.25) is 0 Å². The number of nitrogen functional groups attached to an aromatic ring is 1. The van der Waals surface area contributed by atoms with Crippen LogP contribution in [0.25, 0.3) is 10.2 Å². The fraction of sp³-hybridized carbons (Fsp3) is 0.429. The molecule has 1 amide bonds. The molecule has 0 aromatic carbocycles. The zero-order valence-electron chi connectivity index (χ0n) is 11.5. The number of hydrogen-bond acceptors (Lipinski definition) is 4. The fourth-order valence-corrected chi connectivity index (χ4v) is 3.13. The van der Waals surface area contributed by atoms with Gasteiger partial charge in [0.15, 0.2) is 0 Å². The summed E-state index contributed by atoms with van der Waals surface area (Å²) in [6.45, 7) is 6.15. The lowest BCUT2D eigenvalue weighted by Crippen LogP contribution is -2.43. The molecule has 19 heavy (non-hydrogen) atoms. The lowest BCUT2D eigenvalue weighted by Gasteiger charge is -2.25. The molecule has 102 valence electrons. The van der Waals surface area contributed by atoms with E-state index >= 15 is 0 Å². The maximum Gasteiger partial charge on any atom is 0.263 e. The smallest absolute Gasteiger partial charge is 0.263 e. The standard InChI is InChI=1S/C14H19N3OS/c1-4-7-14(2,3)17-12(18)11-10(15)9-6-5-8-16-13(9)19-11/h5-6,8H,4,7,15H2,1-3H3,(H,17,18). The maximum atomic E-state index is 12.3. The predicted molar refractivity (Wildman–Crippen MR) is 80.5 cm³/mol. The Labute approximate surface area is 117 Å². The van der Waals surface area contributed by atoms with Crippen molar-refractivity contribution in [1.82, 2.24) is 10.3 Å². The summed E-state index contributed by atoms with van der Waals surface area (Å²) in [7, 11) is 0. The van der Waals surface area contributed by atoms with Gasteiger partial charge in [-0.2, -0.15) is 0 Å². The summed E-state index contributed by atoms with van der Waals surface area (Å²) in [5.41, 5.74) is 6.35. The Kier molecular flexibility index (Phi) is 3.75. The largest absolute Gasteiger partial charge is 0.397 e. The first-order chi connectivity index (χ1) is 8.94. The van der Waals surface area contributed by atoms with Crippen LogP contribution in [-0.4, -0.2) is 16.4 Å². The van der Waals surface area contributed by atoms with Crippen molar-refractivity contribution in [2.75, 3.05) is 5.73 Å². The molecule has 2 aromatic heterocycles. The van der Waals surface area contributed by atoms with Crippen LogP contribution in [0.2, 0.25) is 0 Å². The van der Waals surface area contributed by atoms with E-state index in [1.165, 1.54) is 11.3 Å². The van der Waals surface area contributed by atoms with Gasteiger partial charge in [-0.25, -0.2) is 4.98 Å². The van der Waals surface area contributed by atoms with Gasteiger partial charge in [0, 0.05) is 17.1 Å². The van der Waals surface area contributed by atoms with Crippen LogP contribution >= 0.6 is 11.3 Å². The highest BCUT2D eigenvalue weighted by Crippen LogP contribution is 2.32. The van der Waals surface area contributed by atoms with E-state index in [0.29, 0.717) is 10.6 Å². The Morgan fingerprint density at radius 3 is 2.89 bits per heavy atom. The minimum absolute atomic E-state index is 0.112. The number of amides is 1. The van der Waals surface area contributed by atoms with E-state index in [9.17, 15) is 4.79 Å². The number of hydrogen-bond donors (Lipinski definition) is 2. The summed E-state index contributed by atoms with van der Waals surface area (Å²) >= 11 is 1.34. The van der Waals surface area contributed by atoms with Crippen LogP contribution in [0.1, 0.15) is 43.3 Å². The average molecular weight is 277 g/mol. The van der Waals surface area contributed by atoms with E-state index in [1.807, 2.05) is 26.0 Å². The molecule has 0 saturated carbocycles. The Bertz CT molecular complexity index is 604. The Morgan fingerprint density at radius 1 is 1.53 bits per heavy atom. The quantitative estimate of drug-likeness (QED) is 0.901. The van der Waals surface area contributed by atoms with Crippen molar-refractivity contribution in [2.45, 2.75) is 39.2 Å². The number of aromatic nitrogens is 1. The molecule has 0 bridgehead atoms. The van der Waals surface area contributed by atoms with E-state index in [1.54, 1.807) is 6.20 Å². The van der Waals surface area contributed by atoms with Gasteiger partial charge in [-0.15, -0.1) is 11.3 Å². The molecule has 0 unspecified atom stereocenters. The fourth-order valence-electron chi connectivity index (χ4n) is 2.17. The molecule has 0 saturated heterocycles. The SMILES string of the molecule is CCCC(C)(C)NC(=O)c1sc2ncccc2c1N. The zero-order valence-corrected chi connectivity index (χ0v) is 12.3. The van der Waals surface area contributed by atoms with Crippen LogP contribution in [0.5, 0.6) is 0 Å². The second kappa shape index (κ2) is 5.17. The van der Waals surface area contributed by atoms with Gasteiger partial charge in [-0.3, -0.25) is 4.79 Å². The summed E-state index contributed by atoms with van der Waals surface area (Å²) in [6.07, 6.45) is 3.67. The minimum atomic E-state index is -0.220. The van der Waals surface area contributed by atoms with Crippen LogP contribution in [0.4, 0.5) is 5.69 Å². The van der Waals surface area contributed by atoms with Crippen LogP contribution in [-0.2, 0) is 0 Å². The van der Waals surface area contributed by atoms with Crippen LogP contribution in [0.15, 0.2) is 18.3 Å². The Morgan fingerprint density at radius 2 is 2.26 bits per heavy atom. The van der Waals surface area contributed by atoms with Gasteiger partial charge in [-0.05, 0) is 32.4 Å². The number of fused-ring (bicyclic) bond motifs is 1. The first kappa shape index (κ1) is 13.8. The molecule has 5 heteroatoms. The van der Waals surface area contributed by atoms with Gasteiger partial charge in [-0.1, -0.05) is 13.3 Å². The number of carbonyl (C=O) groups is 1. The summed E-state index contributed by atoms with van der Waals surface area (Å²) in [6, 6.07) is 3.72. The van der Waals surface area contributed by atoms with Crippen molar-refractivity contribution in [3.63, 3.8) is 0 Å². The van der Waals surface area contributed by atoms with Gasteiger partial charge >= 0.3 is 0 Å². The van der Waals surface area contributed by atoms with Crippen molar-refractivity contribution < 1.29 is 4.79 Å². The summed E-state index contributed by atoms with van der Waals surface area (Å²) in [5.74, 6) is -0.112. The number of anilines is 1. The highest BCUT2D eigenvalue weighted by Gasteiger charge is 2.23. The maximum absolute atomic E-state index is 12.3. The number of nitrogens with one attached hydrogen (secondary N) is 1. The van der Waals surface area contributed by atoms with Crippen molar-refractivity contribution in [3.05, 3.63) is 23.2 Å². The van der Waals surface area contributed by atoms with Crippen LogP contribution in [0, 0.1) is 0 Å². The molecule has 2 aromatic rings. The van der Waals surface area contributed by atoms with Gasteiger partial charge < -0.3 is 11.1 Å². The van der Waals surface area contributed by atoms with E-state index in [-0.39, 0.29) is 11.4 Å². The molecule has 3 N–H and O–H groups in total. The first-order valence-corrected chi connectivity index (χ1v) is 7.22. The number of pyridine rings is 1. The molecule has 0 spiro atoms. The van der Waals surface area contributed by atoms with Crippen molar-refractivity contribution >= 4 is 33.1 Å². The molecule has 4 nitrogen and oxygen atoms in total. The highest BCUT2D eigenvalue weighted by atomic mass is 32.1. The third kappa shape index (κ3) is 2.87. The van der Waals surface area contributed by atoms with Crippen molar-refractivity contribution in [1.29, 1.82) is 0 Å². The number of thiophene rings is 1. The first-order valence-electron chi connectivity index (χ1n) is 6.40.